The summed E-state index contributed by atoms with van der Waals surface area (Å²) in [6, 6.07) is 8.21. The molecular formula is C18H20ClN3O2. The molecule has 6 heteroatoms. The smallest absolute Gasteiger partial charge is 0.230 e. The molecule has 2 atom stereocenters. The highest BCUT2D eigenvalue weighted by atomic mass is 35.5. The quantitative estimate of drug-likeness (QED) is 0.899. The van der Waals surface area contributed by atoms with E-state index in [9.17, 15) is 4.79 Å². The van der Waals surface area contributed by atoms with Crippen molar-refractivity contribution in [3.8, 4) is 0 Å². The standard InChI is InChI=1S/C18H20ClN3O2/c19-12-7-5-11(6-8-12)14-9-15(14)18-21-16(22-24-18)10-17(23)20-13-3-1-2-4-13/h5-8,13-15H,1-4,9-10H2,(H,20,23)/t14-,15+/m1/s1. The van der Waals surface area contributed by atoms with Gasteiger partial charge in [0, 0.05) is 17.0 Å². The number of nitrogens with zero attached hydrogens (tertiary/aromatic N) is 2. The molecule has 1 heterocycles. The second-order valence-electron chi connectivity index (χ2n) is 6.77. The molecule has 0 radical (unpaired) electrons. The van der Waals surface area contributed by atoms with E-state index in [2.05, 4.69) is 15.5 Å². The van der Waals surface area contributed by atoms with Crippen molar-refractivity contribution in [1.29, 1.82) is 0 Å². The highest BCUT2D eigenvalue weighted by molar-refractivity contribution is 6.30. The zero-order valence-corrected chi connectivity index (χ0v) is 14.1. The fourth-order valence-corrected chi connectivity index (χ4v) is 3.65. The summed E-state index contributed by atoms with van der Waals surface area (Å²) >= 11 is 5.92. The average molecular weight is 346 g/mol. The van der Waals surface area contributed by atoms with Crippen molar-refractivity contribution in [2.45, 2.75) is 56.4 Å². The lowest BCUT2D eigenvalue weighted by Gasteiger charge is -2.10. The first-order valence-electron chi connectivity index (χ1n) is 8.56. The van der Waals surface area contributed by atoms with Gasteiger partial charge in [0.2, 0.25) is 11.8 Å². The van der Waals surface area contributed by atoms with Crippen LogP contribution in [0.2, 0.25) is 5.02 Å². The number of halogens is 1. The van der Waals surface area contributed by atoms with Gasteiger partial charge in [-0.2, -0.15) is 4.98 Å². The van der Waals surface area contributed by atoms with Crippen LogP contribution in [0.4, 0.5) is 0 Å². The minimum Gasteiger partial charge on any atom is -0.353 e. The van der Waals surface area contributed by atoms with Crippen molar-refractivity contribution in [2.75, 3.05) is 0 Å². The van der Waals surface area contributed by atoms with Gasteiger partial charge >= 0.3 is 0 Å². The summed E-state index contributed by atoms with van der Waals surface area (Å²) < 4.78 is 5.37. The molecule has 126 valence electrons. The van der Waals surface area contributed by atoms with Gasteiger partial charge in [-0.25, -0.2) is 0 Å². The molecule has 4 rings (SSSR count). The minimum atomic E-state index is -0.0145. The molecule has 0 aliphatic heterocycles. The molecule has 5 nitrogen and oxygen atoms in total. The molecule has 1 amide bonds. The van der Waals surface area contributed by atoms with Crippen molar-refractivity contribution < 1.29 is 9.32 Å². The third kappa shape index (κ3) is 3.46. The first-order valence-corrected chi connectivity index (χ1v) is 8.94. The third-order valence-corrected chi connectivity index (χ3v) is 5.18. The summed E-state index contributed by atoms with van der Waals surface area (Å²) in [5.41, 5.74) is 1.24. The predicted molar refractivity (Wildman–Crippen MR) is 90.0 cm³/mol. The lowest BCUT2D eigenvalue weighted by atomic mass is 10.1. The molecule has 1 aromatic heterocycles. The van der Waals surface area contributed by atoms with Gasteiger partial charge in [0.1, 0.15) is 0 Å². The van der Waals surface area contributed by atoms with Gasteiger partial charge in [0.15, 0.2) is 5.82 Å². The van der Waals surface area contributed by atoms with Crippen molar-refractivity contribution in [1.82, 2.24) is 15.5 Å². The molecule has 0 saturated heterocycles. The number of hydrogen-bond acceptors (Lipinski definition) is 4. The molecule has 1 aromatic carbocycles. The van der Waals surface area contributed by atoms with Crippen molar-refractivity contribution in [2.24, 2.45) is 0 Å². The Morgan fingerprint density at radius 1 is 1.21 bits per heavy atom. The summed E-state index contributed by atoms with van der Waals surface area (Å²) in [4.78, 5) is 16.5. The third-order valence-electron chi connectivity index (χ3n) is 4.93. The van der Waals surface area contributed by atoms with Crippen LogP contribution in [0.15, 0.2) is 28.8 Å². The minimum absolute atomic E-state index is 0.0145. The number of aromatic nitrogens is 2. The van der Waals surface area contributed by atoms with E-state index in [4.69, 9.17) is 16.1 Å². The van der Waals surface area contributed by atoms with E-state index in [1.807, 2.05) is 24.3 Å². The average Bonchev–Trinajstić information content (AvgIpc) is 2.96. The van der Waals surface area contributed by atoms with E-state index in [0.29, 0.717) is 23.7 Å². The highest BCUT2D eigenvalue weighted by Gasteiger charge is 2.43. The Bertz CT molecular complexity index is 722. The molecule has 2 aliphatic rings. The zero-order valence-electron chi connectivity index (χ0n) is 13.4. The summed E-state index contributed by atoms with van der Waals surface area (Å²) in [7, 11) is 0. The molecule has 0 spiro atoms. The maximum atomic E-state index is 12.0. The SMILES string of the molecule is O=C(Cc1noc([C@H]2C[C@@H]2c2ccc(Cl)cc2)n1)NC1CCCC1. The van der Waals surface area contributed by atoms with Gasteiger partial charge in [-0.1, -0.05) is 41.7 Å². The summed E-state index contributed by atoms with van der Waals surface area (Å²) in [6.07, 6.45) is 5.74. The van der Waals surface area contributed by atoms with Crippen LogP contribution in [0.5, 0.6) is 0 Å². The van der Waals surface area contributed by atoms with Gasteiger partial charge in [-0.15, -0.1) is 0 Å². The number of hydrogen-bond donors (Lipinski definition) is 1. The number of benzene rings is 1. The van der Waals surface area contributed by atoms with E-state index < -0.39 is 0 Å². The van der Waals surface area contributed by atoms with Gasteiger partial charge in [-0.3, -0.25) is 4.79 Å². The van der Waals surface area contributed by atoms with E-state index >= 15 is 0 Å². The molecule has 2 aliphatic carbocycles. The molecule has 0 bridgehead atoms. The van der Waals surface area contributed by atoms with E-state index in [0.717, 1.165) is 24.3 Å². The van der Waals surface area contributed by atoms with Gasteiger partial charge in [-0.05, 0) is 42.9 Å². The first kappa shape index (κ1) is 15.6. The lowest BCUT2D eigenvalue weighted by Crippen LogP contribution is -2.33. The largest absolute Gasteiger partial charge is 0.353 e. The van der Waals surface area contributed by atoms with E-state index in [1.165, 1.54) is 18.4 Å². The molecule has 1 N–H and O–H groups in total. The second-order valence-corrected chi connectivity index (χ2v) is 7.21. The lowest BCUT2D eigenvalue weighted by molar-refractivity contribution is -0.121. The Labute approximate surface area is 145 Å². The zero-order chi connectivity index (χ0) is 16.5. The number of nitrogens with one attached hydrogen (secondary N) is 1. The van der Waals surface area contributed by atoms with Crippen LogP contribution in [0.3, 0.4) is 0 Å². The fourth-order valence-electron chi connectivity index (χ4n) is 3.53. The van der Waals surface area contributed by atoms with Crippen molar-refractivity contribution >= 4 is 17.5 Å². The number of rotatable bonds is 5. The van der Waals surface area contributed by atoms with Crippen LogP contribution >= 0.6 is 11.6 Å². The Morgan fingerprint density at radius 2 is 1.96 bits per heavy atom. The second kappa shape index (κ2) is 6.55. The predicted octanol–water partition coefficient (Wildman–Crippen LogP) is 3.60. The van der Waals surface area contributed by atoms with Crippen LogP contribution in [0.1, 0.15) is 61.2 Å². The van der Waals surface area contributed by atoms with Gasteiger partial charge in [0.25, 0.3) is 0 Å². The Hall–Kier alpha value is -1.88. The first-order chi connectivity index (χ1) is 11.7. The summed E-state index contributed by atoms with van der Waals surface area (Å²) in [5, 5.41) is 7.75. The molecule has 0 unspecified atom stereocenters. The molecule has 2 saturated carbocycles. The topological polar surface area (TPSA) is 68.0 Å². The Kier molecular flexibility index (Phi) is 4.27. The number of amides is 1. The normalized spacial score (nSPS) is 23.4. The Balaban J connectivity index is 1.33. The molecule has 24 heavy (non-hydrogen) atoms. The van der Waals surface area contributed by atoms with E-state index in [-0.39, 0.29) is 18.2 Å². The Morgan fingerprint density at radius 3 is 2.71 bits per heavy atom. The van der Waals surface area contributed by atoms with Crippen LogP contribution < -0.4 is 5.32 Å². The van der Waals surface area contributed by atoms with Crippen molar-refractivity contribution in [3.05, 3.63) is 46.6 Å². The number of carbonyl (C=O) groups excluding carboxylic acids is 1. The van der Waals surface area contributed by atoms with Crippen molar-refractivity contribution in [3.63, 3.8) is 0 Å². The monoisotopic (exact) mass is 345 g/mol. The van der Waals surface area contributed by atoms with Gasteiger partial charge < -0.3 is 9.84 Å². The molecule has 2 aromatic rings. The number of carbonyl (C=O) groups is 1. The van der Waals surface area contributed by atoms with Crippen LogP contribution in [-0.4, -0.2) is 22.1 Å². The highest BCUT2D eigenvalue weighted by Crippen LogP contribution is 2.54. The summed E-state index contributed by atoms with van der Waals surface area (Å²) in [6.45, 7) is 0. The fraction of sp³-hybridized carbons (Fsp3) is 0.500. The van der Waals surface area contributed by atoms with Crippen LogP contribution in [-0.2, 0) is 11.2 Å². The van der Waals surface area contributed by atoms with Gasteiger partial charge in [0.05, 0.1) is 6.42 Å². The maximum Gasteiger partial charge on any atom is 0.230 e. The maximum absolute atomic E-state index is 12.0. The van der Waals surface area contributed by atoms with E-state index in [1.54, 1.807) is 0 Å². The van der Waals surface area contributed by atoms with Crippen LogP contribution in [0.25, 0.3) is 0 Å². The molecular weight excluding hydrogens is 326 g/mol. The van der Waals surface area contributed by atoms with Crippen LogP contribution in [0, 0.1) is 0 Å². The summed E-state index contributed by atoms with van der Waals surface area (Å²) in [5.74, 6) is 1.76. The molecule has 2 fully saturated rings.